The van der Waals surface area contributed by atoms with E-state index in [4.69, 9.17) is 4.74 Å². The molecule has 3 nitrogen and oxygen atoms in total. The van der Waals surface area contributed by atoms with Crippen molar-refractivity contribution in [1.29, 1.82) is 0 Å². The summed E-state index contributed by atoms with van der Waals surface area (Å²) in [6.45, 7) is 11.9. The molecule has 0 saturated carbocycles. The van der Waals surface area contributed by atoms with E-state index in [-0.39, 0.29) is 5.60 Å². The molecule has 0 N–H and O–H groups in total. The van der Waals surface area contributed by atoms with E-state index >= 15 is 0 Å². The van der Waals surface area contributed by atoms with Crippen molar-refractivity contribution in [2.24, 2.45) is 0 Å². The second kappa shape index (κ2) is 5.25. The SMILES string of the molecule is C=C(OC(C)(C)C)N(C)CCN(C)C. The van der Waals surface area contributed by atoms with Gasteiger partial charge in [0.2, 0.25) is 0 Å². The molecule has 0 radical (unpaired) electrons. The molecule has 0 aromatic heterocycles. The van der Waals surface area contributed by atoms with Gasteiger partial charge in [-0.05, 0) is 41.4 Å². The summed E-state index contributed by atoms with van der Waals surface area (Å²) in [5.74, 6) is 0.736. The van der Waals surface area contributed by atoms with Crippen LogP contribution in [0.4, 0.5) is 0 Å². The number of likely N-dealkylation sites (N-methyl/N-ethyl adjacent to an activating group) is 2. The summed E-state index contributed by atoms with van der Waals surface area (Å²) in [4.78, 5) is 4.17. The number of hydrogen-bond donors (Lipinski definition) is 0. The van der Waals surface area contributed by atoms with Gasteiger partial charge in [-0.2, -0.15) is 0 Å². The third kappa shape index (κ3) is 6.78. The standard InChI is InChI=1S/C11H24N2O/c1-10(14-11(2,3)4)13(7)9-8-12(5)6/h1,8-9H2,2-7H3. The Balaban J connectivity index is 3.88. The predicted octanol–water partition coefficient (Wildman–Crippen LogP) is 1.77. The first kappa shape index (κ1) is 13.3. The van der Waals surface area contributed by atoms with Crippen LogP contribution in [0.15, 0.2) is 12.5 Å². The van der Waals surface area contributed by atoms with Gasteiger partial charge >= 0.3 is 0 Å². The summed E-state index contributed by atoms with van der Waals surface area (Å²) < 4.78 is 5.64. The zero-order valence-electron chi connectivity index (χ0n) is 10.4. The molecule has 84 valence electrons. The summed E-state index contributed by atoms with van der Waals surface area (Å²) in [7, 11) is 6.11. The van der Waals surface area contributed by atoms with Gasteiger partial charge in [0, 0.05) is 20.1 Å². The van der Waals surface area contributed by atoms with Crippen molar-refractivity contribution in [2.45, 2.75) is 26.4 Å². The molecule has 0 spiro atoms. The average Bonchev–Trinajstić information content (AvgIpc) is 1.96. The lowest BCUT2D eigenvalue weighted by molar-refractivity contribution is 0.00849. The molecule has 0 unspecified atom stereocenters. The minimum Gasteiger partial charge on any atom is -0.474 e. The van der Waals surface area contributed by atoms with Crippen LogP contribution >= 0.6 is 0 Å². The summed E-state index contributed by atoms with van der Waals surface area (Å²) in [6, 6.07) is 0. The Morgan fingerprint density at radius 1 is 1.14 bits per heavy atom. The fourth-order valence-electron chi connectivity index (χ4n) is 0.906. The first-order chi connectivity index (χ1) is 6.22. The Morgan fingerprint density at radius 2 is 1.64 bits per heavy atom. The fourth-order valence-corrected chi connectivity index (χ4v) is 0.906. The van der Waals surface area contributed by atoms with Crippen LogP contribution in [0.3, 0.4) is 0 Å². The fraction of sp³-hybridized carbons (Fsp3) is 0.818. The second-order valence-electron chi connectivity index (χ2n) is 4.83. The molecule has 0 aliphatic rings. The van der Waals surface area contributed by atoms with Crippen molar-refractivity contribution in [1.82, 2.24) is 9.80 Å². The van der Waals surface area contributed by atoms with Gasteiger partial charge in [-0.1, -0.05) is 0 Å². The van der Waals surface area contributed by atoms with E-state index in [0.29, 0.717) is 0 Å². The average molecular weight is 200 g/mol. The maximum Gasteiger partial charge on any atom is 0.182 e. The van der Waals surface area contributed by atoms with Gasteiger partial charge in [-0.25, -0.2) is 0 Å². The molecular formula is C11H24N2O. The van der Waals surface area contributed by atoms with Gasteiger partial charge in [-0.15, -0.1) is 0 Å². The molecule has 0 bridgehead atoms. The Bertz CT molecular complexity index is 182. The number of rotatable bonds is 5. The highest BCUT2D eigenvalue weighted by molar-refractivity contribution is 4.84. The molecule has 0 aliphatic heterocycles. The zero-order valence-corrected chi connectivity index (χ0v) is 10.4. The van der Waals surface area contributed by atoms with Crippen molar-refractivity contribution < 1.29 is 4.74 Å². The molecule has 3 heteroatoms. The van der Waals surface area contributed by atoms with Crippen molar-refractivity contribution in [3.05, 3.63) is 12.5 Å². The van der Waals surface area contributed by atoms with Crippen molar-refractivity contribution >= 4 is 0 Å². The molecule has 0 aromatic rings. The number of ether oxygens (including phenoxy) is 1. The highest BCUT2D eigenvalue weighted by Gasteiger charge is 2.14. The Kier molecular flexibility index (Phi) is 4.99. The summed E-state index contributed by atoms with van der Waals surface area (Å²) in [5.41, 5.74) is -0.163. The Morgan fingerprint density at radius 3 is 2.00 bits per heavy atom. The molecule has 0 aromatic carbocycles. The molecule has 0 heterocycles. The normalized spacial score (nSPS) is 11.6. The van der Waals surface area contributed by atoms with Crippen molar-refractivity contribution in [3.63, 3.8) is 0 Å². The van der Waals surface area contributed by atoms with Gasteiger partial charge in [-0.3, -0.25) is 0 Å². The van der Waals surface area contributed by atoms with Gasteiger partial charge in [0.15, 0.2) is 5.88 Å². The van der Waals surface area contributed by atoms with Crippen molar-refractivity contribution in [3.8, 4) is 0 Å². The molecule has 0 amide bonds. The van der Waals surface area contributed by atoms with Crippen molar-refractivity contribution in [2.75, 3.05) is 34.2 Å². The van der Waals surface area contributed by atoms with E-state index in [1.165, 1.54) is 0 Å². The predicted molar refractivity (Wildman–Crippen MR) is 61.2 cm³/mol. The summed E-state index contributed by atoms with van der Waals surface area (Å²) in [6.07, 6.45) is 0. The molecular weight excluding hydrogens is 176 g/mol. The smallest absolute Gasteiger partial charge is 0.182 e. The highest BCUT2D eigenvalue weighted by Crippen LogP contribution is 2.13. The molecule has 0 fully saturated rings. The molecule has 0 atom stereocenters. The van der Waals surface area contributed by atoms with Crippen LogP contribution in [0.1, 0.15) is 20.8 Å². The van der Waals surface area contributed by atoms with E-state index in [1.807, 2.05) is 32.7 Å². The maximum atomic E-state index is 5.64. The number of nitrogens with zero attached hydrogens (tertiary/aromatic N) is 2. The van der Waals surface area contributed by atoms with E-state index in [2.05, 4.69) is 25.6 Å². The van der Waals surface area contributed by atoms with E-state index in [1.54, 1.807) is 0 Å². The van der Waals surface area contributed by atoms with Gasteiger partial charge in [0.1, 0.15) is 5.60 Å². The minimum absolute atomic E-state index is 0.163. The largest absolute Gasteiger partial charge is 0.474 e. The van der Waals surface area contributed by atoms with Crippen LogP contribution in [0, 0.1) is 0 Å². The van der Waals surface area contributed by atoms with Crippen LogP contribution in [0.2, 0.25) is 0 Å². The Hall–Kier alpha value is -0.700. The first-order valence-corrected chi connectivity index (χ1v) is 4.96. The maximum absolute atomic E-state index is 5.64. The topological polar surface area (TPSA) is 15.7 Å². The minimum atomic E-state index is -0.163. The van der Waals surface area contributed by atoms with Gasteiger partial charge in [0.05, 0.1) is 0 Å². The van der Waals surface area contributed by atoms with E-state index in [0.717, 1.165) is 19.0 Å². The van der Waals surface area contributed by atoms with Crippen LogP contribution in [-0.2, 0) is 4.74 Å². The van der Waals surface area contributed by atoms with Crippen LogP contribution in [0.5, 0.6) is 0 Å². The zero-order chi connectivity index (χ0) is 11.4. The molecule has 0 saturated heterocycles. The lowest BCUT2D eigenvalue weighted by Crippen LogP contribution is -2.31. The van der Waals surface area contributed by atoms with E-state index in [9.17, 15) is 0 Å². The van der Waals surface area contributed by atoms with E-state index < -0.39 is 0 Å². The third-order valence-electron chi connectivity index (χ3n) is 1.73. The van der Waals surface area contributed by atoms with Crippen LogP contribution in [-0.4, -0.2) is 49.6 Å². The molecule has 0 aliphatic carbocycles. The van der Waals surface area contributed by atoms with Gasteiger partial charge in [0.25, 0.3) is 0 Å². The first-order valence-electron chi connectivity index (χ1n) is 4.96. The number of hydrogen-bond acceptors (Lipinski definition) is 3. The lowest BCUT2D eigenvalue weighted by Gasteiger charge is -2.29. The summed E-state index contributed by atoms with van der Waals surface area (Å²) >= 11 is 0. The highest BCUT2D eigenvalue weighted by atomic mass is 16.5. The molecule has 14 heavy (non-hydrogen) atoms. The quantitative estimate of drug-likeness (QED) is 0.629. The Labute approximate surface area is 88.3 Å². The molecule has 0 rings (SSSR count). The second-order valence-corrected chi connectivity index (χ2v) is 4.83. The van der Waals surface area contributed by atoms with Crippen LogP contribution in [0.25, 0.3) is 0 Å². The third-order valence-corrected chi connectivity index (χ3v) is 1.73. The summed E-state index contributed by atoms with van der Waals surface area (Å²) in [5, 5.41) is 0. The van der Waals surface area contributed by atoms with Crippen LogP contribution < -0.4 is 0 Å². The van der Waals surface area contributed by atoms with Gasteiger partial charge < -0.3 is 14.5 Å². The lowest BCUT2D eigenvalue weighted by atomic mass is 10.2. The monoisotopic (exact) mass is 200 g/mol.